The standard InChI is InChI=1S/C21H25N3O4/c1-15-22-9-12-24(15)14-21(27)7-10-23(11-8-21)20(26)17-13-18(25)28-19(17)16-5-3-2-4-6-16/h2-6,9,12,17,19,27H,7-8,10-11,13-14H2,1H3. The van der Waals surface area contributed by atoms with Crippen molar-refractivity contribution in [1.82, 2.24) is 14.5 Å². The first-order valence-electron chi connectivity index (χ1n) is 9.68. The van der Waals surface area contributed by atoms with E-state index in [0.717, 1.165) is 11.4 Å². The predicted octanol–water partition coefficient (Wildman–Crippen LogP) is 1.85. The Balaban J connectivity index is 1.42. The number of aromatic nitrogens is 2. The molecule has 4 rings (SSSR count). The van der Waals surface area contributed by atoms with Crippen molar-refractivity contribution in [3.63, 3.8) is 0 Å². The van der Waals surface area contributed by atoms with E-state index in [1.807, 2.05) is 48.0 Å². The smallest absolute Gasteiger partial charge is 0.307 e. The van der Waals surface area contributed by atoms with Gasteiger partial charge in [-0.1, -0.05) is 30.3 Å². The van der Waals surface area contributed by atoms with Crippen LogP contribution in [0, 0.1) is 12.8 Å². The fraction of sp³-hybridized carbons (Fsp3) is 0.476. The summed E-state index contributed by atoms with van der Waals surface area (Å²) in [6.45, 7) is 3.31. The van der Waals surface area contributed by atoms with Gasteiger partial charge < -0.3 is 19.3 Å². The Bertz CT molecular complexity index is 856. The summed E-state index contributed by atoms with van der Waals surface area (Å²) >= 11 is 0. The number of imidazole rings is 1. The summed E-state index contributed by atoms with van der Waals surface area (Å²) in [7, 11) is 0. The highest BCUT2D eigenvalue weighted by Crippen LogP contribution is 2.37. The molecule has 2 atom stereocenters. The van der Waals surface area contributed by atoms with E-state index in [9.17, 15) is 14.7 Å². The van der Waals surface area contributed by atoms with Crippen LogP contribution in [-0.4, -0.2) is 50.1 Å². The highest BCUT2D eigenvalue weighted by molar-refractivity contribution is 5.87. The molecule has 2 unspecified atom stereocenters. The second kappa shape index (κ2) is 7.39. The minimum atomic E-state index is -0.858. The van der Waals surface area contributed by atoms with Gasteiger partial charge >= 0.3 is 5.97 Å². The first-order valence-corrected chi connectivity index (χ1v) is 9.68. The quantitative estimate of drug-likeness (QED) is 0.815. The van der Waals surface area contributed by atoms with E-state index >= 15 is 0 Å². The first kappa shape index (κ1) is 18.7. The highest BCUT2D eigenvalue weighted by Gasteiger charge is 2.44. The van der Waals surface area contributed by atoms with Crippen LogP contribution >= 0.6 is 0 Å². The molecule has 0 aliphatic carbocycles. The summed E-state index contributed by atoms with van der Waals surface area (Å²) in [6.07, 6.45) is 4.14. The van der Waals surface area contributed by atoms with Crippen molar-refractivity contribution in [2.75, 3.05) is 13.1 Å². The second-order valence-corrected chi connectivity index (χ2v) is 7.78. The lowest BCUT2D eigenvalue weighted by molar-refractivity contribution is -0.143. The van der Waals surface area contributed by atoms with Gasteiger partial charge in [0.05, 0.1) is 24.5 Å². The third-order valence-electron chi connectivity index (χ3n) is 5.85. The minimum Gasteiger partial charge on any atom is -0.457 e. The van der Waals surface area contributed by atoms with Crippen LogP contribution < -0.4 is 0 Å². The van der Waals surface area contributed by atoms with Gasteiger partial charge in [0.1, 0.15) is 11.9 Å². The summed E-state index contributed by atoms with van der Waals surface area (Å²) < 4.78 is 7.39. The van der Waals surface area contributed by atoms with Crippen LogP contribution in [0.2, 0.25) is 0 Å². The lowest BCUT2D eigenvalue weighted by atomic mass is 9.88. The second-order valence-electron chi connectivity index (χ2n) is 7.78. The molecule has 1 aromatic carbocycles. The summed E-state index contributed by atoms with van der Waals surface area (Å²) in [6, 6.07) is 9.41. The van der Waals surface area contributed by atoms with Gasteiger partial charge in [-0.05, 0) is 25.3 Å². The summed E-state index contributed by atoms with van der Waals surface area (Å²) in [5.74, 6) is -0.0481. The molecule has 2 aromatic rings. The van der Waals surface area contributed by atoms with Crippen LogP contribution in [0.5, 0.6) is 0 Å². The van der Waals surface area contributed by atoms with E-state index < -0.39 is 17.6 Å². The fourth-order valence-electron chi connectivity index (χ4n) is 4.14. The van der Waals surface area contributed by atoms with Gasteiger partial charge in [-0.2, -0.15) is 0 Å². The number of ether oxygens (including phenoxy) is 1. The number of cyclic esters (lactones) is 1. The van der Waals surface area contributed by atoms with Crippen molar-refractivity contribution in [2.24, 2.45) is 5.92 Å². The zero-order valence-electron chi connectivity index (χ0n) is 16.0. The van der Waals surface area contributed by atoms with Crippen LogP contribution in [-0.2, 0) is 20.9 Å². The Morgan fingerprint density at radius 1 is 1.29 bits per heavy atom. The van der Waals surface area contributed by atoms with Gasteiger partial charge in [0.2, 0.25) is 5.91 Å². The van der Waals surface area contributed by atoms with Crippen molar-refractivity contribution in [2.45, 2.75) is 44.4 Å². The van der Waals surface area contributed by atoms with Crippen LogP contribution in [0.15, 0.2) is 42.7 Å². The normalized spacial score (nSPS) is 24.2. The number of aliphatic hydroxyl groups is 1. The fourth-order valence-corrected chi connectivity index (χ4v) is 4.14. The van der Waals surface area contributed by atoms with Crippen molar-refractivity contribution in [3.05, 3.63) is 54.1 Å². The molecule has 7 heteroatoms. The van der Waals surface area contributed by atoms with E-state index in [-0.39, 0.29) is 18.3 Å². The number of nitrogens with zero attached hydrogens (tertiary/aromatic N) is 3. The van der Waals surface area contributed by atoms with Crippen LogP contribution in [0.1, 0.15) is 36.8 Å². The molecular formula is C21H25N3O4. The maximum atomic E-state index is 13.1. The number of amides is 1. The largest absolute Gasteiger partial charge is 0.457 e. The van der Waals surface area contributed by atoms with Gasteiger partial charge in [-0.15, -0.1) is 0 Å². The lowest BCUT2D eigenvalue weighted by Gasteiger charge is -2.39. The van der Waals surface area contributed by atoms with E-state index in [1.54, 1.807) is 11.1 Å². The van der Waals surface area contributed by atoms with Crippen molar-refractivity contribution >= 4 is 11.9 Å². The first-order chi connectivity index (χ1) is 13.5. The van der Waals surface area contributed by atoms with E-state index in [4.69, 9.17) is 4.74 Å². The highest BCUT2D eigenvalue weighted by atomic mass is 16.6. The van der Waals surface area contributed by atoms with Crippen molar-refractivity contribution < 1.29 is 19.4 Å². The molecular weight excluding hydrogens is 358 g/mol. The monoisotopic (exact) mass is 383 g/mol. The number of aryl methyl sites for hydroxylation is 1. The molecule has 28 heavy (non-hydrogen) atoms. The molecule has 148 valence electrons. The molecule has 0 radical (unpaired) electrons. The number of likely N-dealkylation sites (tertiary alicyclic amines) is 1. The number of carbonyl (C=O) groups excluding carboxylic acids is 2. The molecule has 0 spiro atoms. The third-order valence-corrected chi connectivity index (χ3v) is 5.85. The average Bonchev–Trinajstić information content (AvgIpc) is 3.28. The van der Waals surface area contributed by atoms with Gasteiger partial charge in [-0.25, -0.2) is 4.98 Å². The maximum Gasteiger partial charge on any atom is 0.307 e. The maximum absolute atomic E-state index is 13.1. The van der Waals surface area contributed by atoms with E-state index in [0.29, 0.717) is 32.5 Å². The van der Waals surface area contributed by atoms with E-state index in [2.05, 4.69) is 4.98 Å². The summed E-state index contributed by atoms with van der Waals surface area (Å²) in [5.41, 5.74) is -0.0147. The number of benzene rings is 1. The van der Waals surface area contributed by atoms with E-state index in [1.165, 1.54) is 0 Å². The zero-order valence-corrected chi connectivity index (χ0v) is 16.0. The minimum absolute atomic E-state index is 0.0689. The molecule has 2 fully saturated rings. The van der Waals surface area contributed by atoms with Crippen molar-refractivity contribution in [3.8, 4) is 0 Å². The van der Waals surface area contributed by atoms with Gasteiger partial charge in [0.15, 0.2) is 0 Å². The Hall–Kier alpha value is -2.67. The topological polar surface area (TPSA) is 84.7 Å². The predicted molar refractivity (Wildman–Crippen MR) is 101 cm³/mol. The van der Waals surface area contributed by atoms with Crippen LogP contribution in [0.25, 0.3) is 0 Å². The molecule has 3 heterocycles. The number of carbonyl (C=O) groups is 2. The van der Waals surface area contributed by atoms with Crippen molar-refractivity contribution in [1.29, 1.82) is 0 Å². The Morgan fingerprint density at radius 3 is 2.64 bits per heavy atom. The molecule has 1 aromatic heterocycles. The molecule has 1 N–H and O–H groups in total. The molecule has 2 aliphatic heterocycles. The Morgan fingerprint density at radius 2 is 2.00 bits per heavy atom. The summed E-state index contributed by atoms with van der Waals surface area (Å²) in [5, 5.41) is 10.9. The number of esters is 1. The van der Waals surface area contributed by atoms with Crippen LogP contribution in [0.3, 0.4) is 0 Å². The lowest BCUT2D eigenvalue weighted by Crippen LogP contribution is -2.50. The summed E-state index contributed by atoms with van der Waals surface area (Å²) in [4.78, 5) is 31.0. The number of piperidine rings is 1. The molecule has 1 amide bonds. The molecule has 0 saturated carbocycles. The molecule has 0 bridgehead atoms. The molecule has 2 aliphatic rings. The zero-order chi connectivity index (χ0) is 19.7. The van der Waals surface area contributed by atoms with Gasteiger partial charge in [0, 0.05) is 25.5 Å². The third kappa shape index (κ3) is 3.67. The molecule has 2 saturated heterocycles. The Kier molecular flexibility index (Phi) is 4.93. The van der Waals surface area contributed by atoms with Gasteiger partial charge in [0.25, 0.3) is 0 Å². The number of hydrogen-bond donors (Lipinski definition) is 1. The van der Waals surface area contributed by atoms with Gasteiger partial charge in [-0.3, -0.25) is 9.59 Å². The number of hydrogen-bond acceptors (Lipinski definition) is 5. The molecule has 7 nitrogen and oxygen atoms in total. The Labute approximate surface area is 163 Å². The SMILES string of the molecule is Cc1nccn1CC1(O)CCN(C(=O)C2CC(=O)OC2c2ccccc2)CC1. The van der Waals surface area contributed by atoms with Crippen LogP contribution in [0.4, 0.5) is 0 Å². The average molecular weight is 383 g/mol. The number of rotatable bonds is 4.